The van der Waals surface area contributed by atoms with E-state index in [0.29, 0.717) is 45.8 Å². The van der Waals surface area contributed by atoms with Gasteiger partial charge in [0.25, 0.3) is 0 Å². The fraction of sp³-hybridized carbons (Fsp3) is 0.282. The minimum atomic E-state index is -0.737. The molecule has 4 atom stereocenters. The van der Waals surface area contributed by atoms with Gasteiger partial charge in [-0.05, 0) is 98.0 Å². The summed E-state index contributed by atoms with van der Waals surface area (Å²) in [6, 6.07) is 17.7. The molecular weight excluding hydrogens is 636 g/mol. The second kappa shape index (κ2) is 12.6. The summed E-state index contributed by atoms with van der Waals surface area (Å²) in [4.78, 5) is 58.7. The first-order valence-electron chi connectivity index (χ1n) is 16.3. The van der Waals surface area contributed by atoms with Crippen molar-refractivity contribution in [3.63, 3.8) is 0 Å². The fourth-order valence-corrected chi connectivity index (χ4v) is 7.70. The van der Waals surface area contributed by atoms with Gasteiger partial charge in [-0.15, -0.1) is 0 Å². The van der Waals surface area contributed by atoms with E-state index in [-0.39, 0.29) is 47.1 Å². The summed E-state index contributed by atoms with van der Waals surface area (Å²) in [6.45, 7) is 1.61. The minimum absolute atomic E-state index is 0.141. The zero-order valence-electron chi connectivity index (χ0n) is 28.3. The van der Waals surface area contributed by atoms with Crippen molar-refractivity contribution < 1.29 is 33.8 Å². The molecule has 1 saturated heterocycles. The predicted molar refractivity (Wildman–Crippen MR) is 186 cm³/mol. The third-order valence-corrected chi connectivity index (χ3v) is 10.2. The number of hydrogen-bond donors (Lipinski definition) is 1. The van der Waals surface area contributed by atoms with Gasteiger partial charge in [0.05, 0.1) is 43.1 Å². The second-order valence-corrected chi connectivity index (χ2v) is 13.1. The number of azo groups is 1. The van der Waals surface area contributed by atoms with Crippen molar-refractivity contribution >= 4 is 46.1 Å². The van der Waals surface area contributed by atoms with Crippen molar-refractivity contribution in [1.29, 1.82) is 0 Å². The number of rotatable bonds is 7. The second-order valence-electron chi connectivity index (χ2n) is 13.1. The number of phenolic OH excluding ortho intramolecular Hbond substituents is 1. The maximum absolute atomic E-state index is 14.3. The van der Waals surface area contributed by atoms with Crippen molar-refractivity contribution in [2.75, 3.05) is 38.1 Å². The maximum Gasteiger partial charge on any atom is 0.238 e. The molecule has 1 aliphatic heterocycles. The number of benzene rings is 3. The highest BCUT2D eigenvalue weighted by atomic mass is 16.5. The van der Waals surface area contributed by atoms with Gasteiger partial charge in [-0.3, -0.25) is 24.1 Å². The van der Waals surface area contributed by atoms with Crippen LogP contribution in [0.2, 0.25) is 0 Å². The molecule has 0 aromatic heterocycles. The highest BCUT2D eigenvalue weighted by molar-refractivity contribution is 6.25. The van der Waals surface area contributed by atoms with Crippen LogP contribution in [0.25, 0.3) is 0 Å². The molecule has 7 rings (SSSR count). The summed E-state index contributed by atoms with van der Waals surface area (Å²) >= 11 is 0. The van der Waals surface area contributed by atoms with Gasteiger partial charge >= 0.3 is 0 Å². The first kappa shape index (κ1) is 32.7. The number of allylic oxidation sites excluding steroid dienone is 6. The van der Waals surface area contributed by atoms with Crippen LogP contribution in [0.1, 0.15) is 31.2 Å². The largest absolute Gasteiger partial charge is 0.502 e. The number of phenols is 1. The average Bonchev–Trinajstić information content (AvgIpc) is 3.38. The highest BCUT2D eigenvalue weighted by Crippen LogP contribution is 2.56. The summed E-state index contributed by atoms with van der Waals surface area (Å²) < 4.78 is 10.9. The molecule has 254 valence electrons. The topological polar surface area (TPSA) is 138 Å². The van der Waals surface area contributed by atoms with Crippen molar-refractivity contribution in [1.82, 2.24) is 0 Å². The van der Waals surface area contributed by atoms with Gasteiger partial charge in [-0.1, -0.05) is 11.6 Å². The molecule has 11 heteroatoms. The van der Waals surface area contributed by atoms with Crippen molar-refractivity contribution in [2.45, 2.75) is 25.7 Å². The number of imide groups is 1. The quantitative estimate of drug-likeness (QED) is 0.130. The number of aromatic hydroxyl groups is 1. The van der Waals surface area contributed by atoms with Crippen molar-refractivity contribution in [3.05, 3.63) is 101 Å². The van der Waals surface area contributed by atoms with E-state index < -0.39 is 23.7 Å². The van der Waals surface area contributed by atoms with Gasteiger partial charge in [0.2, 0.25) is 17.6 Å². The molecule has 0 unspecified atom stereocenters. The Labute approximate surface area is 289 Å². The van der Waals surface area contributed by atoms with E-state index in [2.05, 4.69) is 10.2 Å². The van der Waals surface area contributed by atoms with Crippen LogP contribution in [0.15, 0.2) is 105 Å². The molecule has 1 heterocycles. The number of carbonyl (C=O) groups excluding carboxylic acids is 4. The number of ether oxygens (including phenoxy) is 2. The molecule has 0 saturated carbocycles. The van der Waals surface area contributed by atoms with E-state index in [1.54, 1.807) is 43.3 Å². The standard InChI is InChI=1S/C39H36N4O7/c1-20-16-30(44)35-29(36(20)45)19-28-26(33(35)21-17-31(49-4)37(46)32(18-21)50-5)14-15-27-34(28)39(48)43(38(27)47)25-12-8-23(9-13-25)41-40-22-6-10-24(11-7-22)42(2)3/h6-14,16-18,27-28,33-34,46H,15,19H2,1-5H3/t27-,28+,33-,34-/m0/s1. The summed E-state index contributed by atoms with van der Waals surface area (Å²) in [5.41, 5.74) is 5.08. The van der Waals surface area contributed by atoms with Gasteiger partial charge in [0, 0.05) is 42.4 Å². The summed E-state index contributed by atoms with van der Waals surface area (Å²) in [5.74, 6) is -3.70. The number of ketones is 2. The summed E-state index contributed by atoms with van der Waals surface area (Å²) in [5, 5.41) is 19.3. The predicted octanol–water partition coefficient (Wildman–Crippen LogP) is 6.52. The van der Waals surface area contributed by atoms with E-state index in [1.165, 1.54) is 25.2 Å². The van der Waals surface area contributed by atoms with Gasteiger partial charge < -0.3 is 19.5 Å². The molecular formula is C39H36N4O7. The van der Waals surface area contributed by atoms with Crippen LogP contribution in [-0.4, -0.2) is 56.8 Å². The highest BCUT2D eigenvalue weighted by Gasteiger charge is 2.56. The minimum Gasteiger partial charge on any atom is -0.502 e. The normalized spacial score (nSPS) is 23.0. The Kier molecular flexibility index (Phi) is 8.21. The lowest BCUT2D eigenvalue weighted by atomic mass is 9.59. The van der Waals surface area contributed by atoms with Crippen LogP contribution in [-0.2, 0) is 19.2 Å². The molecule has 0 bridgehead atoms. The first-order chi connectivity index (χ1) is 24.0. The molecule has 3 aromatic rings. The van der Waals surface area contributed by atoms with Crippen LogP contribution in [0.4, 0.5) is 22.7 Å². The number of anilines is 2. The van der Waals surface area contributed by atoms with Gasteiger partial charge in [0.1, 0.15) is 0 Å². The van der Waals surface area contributed by atoms with E-state index >= 15 is 0 Å². The summed E-state index contributed by atoms with van der Waals surface area (Å²) in [6.07, 6.45) is 3.74. The van der Waals surface area contributed by atoms with Crippen LogP contribution in [0.5, 0.6) is 17.2 Å². The van der Waals surface area contributed by atoms with Gasteiger partial charge in [0.15, 0.2) is 23.1 Å². The number of Topliss-reactive ketones (excluding diaryl/α,β-unsaturated/α-hetero) is 1. The molecule has 2 amide bonds. The number of amides is 2. The average molecular weight is 673 g/mol. The molecule has 4 aliphatic rings. The lowest BCUT2D eigenvalue weighted by Crippen LogP contribution is -2.39. The van der Waals surface area contributed by atoms with E-state index in [0.717, 1.165) is 11.3 Å². The molecule has 1 fully saturated rings. The lowest BCUT2D eigenvalue weighted by Gasteiger charge is -2.42. The Hall–Kier alpha value is -5.84. The van der Waals surface area contributed by atoms with E-state index in [1.807, 2.05) is 49.3 Å². The zero-order chi connectivity index (χ0) is 35.4. The fourth-order valence-electron chi connectivity index (χ4n) is 7.70. The Balaban J connectivity index is 1.22. The molecule has 0 spiro atoms. The molecule has 0 radical (unpaired) electrons. The smallest absolute Gasteiger partial charge is 0.238 e. The van der Waals surface area contributed by atoms with E-state index in [4.69, 9.17) is 9.47 Å². The third-order valence-electron chi connectivity index (χ3n) is 10.2. The van der Waals surface area contributed by atoms with Crippen molar-refractivity contribution in [2.24, 2.45) is 28.0 Å². The summed E-state index contributed by atoms with van der Waals surface area (Å²) in [7, 11) is 6.75. The Morgan fingerprint density at radius 3 is 2.02 bits per heavy atom. The van der Waals surface area contributed by atoms with Gasteiger partial charge in [-0.25, -0.2) is 0 Å². The van der Waals surface area contributed by atoms with E-state index in [9.17, 15) is 24.3 Å². The zero-order valence-corrected chi connectivity index (χ0v) is 28.3. The number of hydrogen-bond acceptors (Lipinski definition) is 10. The molecule has 1 N–H and O–H groups in total. The Morgan fingerprint density at radius 2 is 1.44 bits per heavy atom. The molecule has 11 nitrogen and oxygen atoms in total. The molecule has 50 heavy (non-hydrogen) atoms. The van der Waals surface area contributed by atoms with Crippen LogP contribution >= 0.6 is 0 Å². The molecule has 3 aromatic carbocycles. The SMILES string of the molecule is COc1cc([C@H]2C3=CC[C@@H]4C(=O)N(c5ccc(N=Nc6ccc(N(C)C)cc6)cc5)C(=O)[C@@H]4[C@@H]3CC3=C2C(=O)C=C(C)C3=O)cc(OC)c1O. The Morgan fingerprint density at radius 1 is 0.840 bits per heavy atom. The monoisotopic (exact) mass is 672 g/mol. The van der Waals surface area contributed by atoms with Crippen LogP contribution in [0, 0.1) is 17.8 Å². The first-order valence-corrected chi connectivity index (χ1v) is 16.3. The van der Waals surface area contributed by atoms with Crippen molar-refractivity contribution in [3.8, 4) is 17.2 Å². The number of nitrogens with zero attached hydrogens (tertiary/aromatic N) is 4. The van der Waals surface area contributed by atoms with Gasteiger partial charge in [-0.2, -0.15) is 10.2 Å². The molecule has 3 aliphatic carbocycles. The number of fused-ring (bicyclic) bond motifs is 3. The lowest BCUT2D eigenvalue weighted by molar-refractivity contribution is -0.123. The van der Waals surface area contributed by atoms with Crippen LogP contribution < -0.4 is 19.3 Å². The maximum atomic E-state index is 14.3. The van der Waals surface area contributed by atoms with Crippen LogP contribution in [0.3, 0.4) is 0 Å². The number of carbonyl (C=O) groups is 4. The number of methoxy groups -OCH3 is 2. The third kappa shape index (κ3) is 5.29. The Bertz CT molecular complexity index is 2050.